The third kappa shape index (κ3) is 3.95. The van der Waals surface area contributed by atoms with E-state index in [1.807, 2.05) is 18.2 Å². The van der Waals surface area contributed by atoms with E-state index < -0.39 is 17.8 Å². The van der Waals surface area contributed by atoms with Gasteiger partial charge in [0.1, 0.15) is 0 Å². The summed E-state index contributed by atoms with van der Waals surface area (Å²) in [4.78, 5) is 29.7. The van der Waals surface area contributed by atoms with Crippen LogP contribution in [-0.2, 0) is 16.0 Å². The van der Waals surface area contributed by atoms with Crippen molar-refractivity contribution < 1.29 is 19.4 Å². The number of alkyl carbamates (subject to hydrolysis) is 1. The Morgan fingerprint density at radius 2 is 2.08 bits per heavy atom. The number of anilines is 1. The summed E-state index contributed by atoms with van der Waals surface area (Å²) in [5.41, 5.74) is 1.62. The molecule has 1 fully saturated rings. The fraction of sp³-hybridized carbons (Fsp3) is 0.278. The summed E-state index contributed by atoms with van der Waals surface area (Å²) >= 11 is 0. The van der Waals surface area contributed by atoms with Crippen molar-refractivity contribution in [2.45, 2.75) is 18.6 Å². The molecule has 7 heteroatoms. The van der Waals surface area contributed by atoms with Gasteiger partial charge in [-0.05, 0) is 30.2 Å². The average molecular weight is 341 g/mol. The van der Waals surface area contributed by atoms with Crippen LogP contribution >= 0.6 is 0 Å². The van der Waals surface area contributed by atoms with E-state index in [1.54, 1.807) is 36.7 Å². The molecule has 0 unspecified atom stereocenters. The predicted molar refractivity (Wildman–Crippen MR) is 90.8 cm³/mol. The Labute approximate surface area is 145 Å². The molecule has 1 aliphatic rings. The first kappa shape index (κ1) is 16.9. The largest absolute Gasteiger partial charge is 0.410 e. The van der Waals surface area contributed by atoms with Gasteiger partial charge in [0.25, 0.3) is 11.7 Å². The number of benzene rings is 1. The molecule has 7 nitrogen and oxygen atoms in total. The standard InChI is InChI=1S/C18H19N3O4/c22-16-18(24,9-12-21(16)15-6-2-1-3-7-15)25-17(23)20-11-8-14-5-4-10-19-13-14/h1-7,10,13,24H,8-9,11-12H2,(H,20,23)/t18-/m0/s1. The maximum Gasteiger partial charge on any atom is 0.410 e. The molecule has 0 spiro atoms. The summed E-state index contributed by atoms with van der Waals surface area (Å²) in [7, 11) is 0. The van der Waals surface area contributed by atoms with Gasteiger partial charge in [-0.25, -0.2) is 4.79 Å². The van der Waals surface area contributed by atoms with Crippen molar-refractivity contribution in [3.8, 4) is 0 Å². The molecule has 1 aromatic heterocycles. The molecule has 130 valence electrons. The molecule has 2 aromatic rings. The summed E-state index contributed by atoms with van der Waals surface area (Å²) in [5.74, 6) is -2.77. The minimum absolute atomic E-state index is 0.0246. The molecule has 1 aliphatic heterocycles. The first-order valence-corrected chi connectivity index (χ1v) is 8.04. The number of amides is 2. The number of aliphatic hydroxyl groups is 1. The predicted octanol–water partition coefficient (Wildman–Crippen LogP) is 1.48. The van der Waals surface area contributed by atoms with Gasteiger partial charge in [0.05, 0.1) is 0 Å². The van der Waals surface area contributed by atoms with E-state index >= 15 is 0 Å². The van der Waals surface area contributed by atoms with Crippen molar-refractivity contribution >= 4 is 17.7 Å². The molecule has 1 aromatic carbocycles. The lowest BCUT2D eigenvalue weighted by Crippen LogP contribution is -2.46. The summed E-state index contributed by atoms with van der Waals surface area (Å²) < 4.78 is 5.00. The maximum atomic E-state index is 12.4. The summed E-state index contributed by atoms with van der Waals surface area (Å²) in [6.07, 6.45) is 3.15. The lowest BCUT2D eigenvalue weighted by atomic mass is 10.2. The number of pyridine rings is 1. The topological polar surface area (TPSA) is 91.8 Å². The van der Waals surface area contributed by atoms with Crippen molar-refractivity contribution in [3.05, 3.63) is 60.4 Å². The zero-order chi connectivity index (χ0) is 17.7. The van der Waals surface area contributed by atoms with Gasteiger partial charge in [-0.15, -0.1) is 0 Å². The third-order valence-corrected chi connectivity index (χ3v) is 3.99. The number of nitrogens with one attached hydrogen (secondary N) is 1. The number of aromatic nitrogens is 1. The van der Waals surface area contributed by atoms with E-state index in [-0.39, 0.29) is 13.0 Å². The highest BCUT2D eigenvalue weighted by Crippen LogP contribution is 2.29. The summed E-state index contributed by atoms with van der Waals surface area (Å²) in [6, 6.07) is 12.7. The van der Waals surface area contributed by atoms with Gasteiger partial charge in [0.15, 0.2) is 0 Å². The van der Waals surface area contributed by atoms with E-state index in [2.05, 4.69) is 10.3 Å². The Hall–Kier alpha value is -2.93. The smallest absolute Gasteiger partial charge is 0.407 e. The zero-order valence-corrected chi connectivity index (χ0v) is 13.6. The van der Waals surface area contributed by atoms with Gasteiger partial charge in [0, 0.05) is 37.6 Å². The van der Waals surface area contributed by atoms with Gasteiger partial charge in [-0.2, -0.15) is 0 Å². The number of para-hydroxylation sites is 1. The third-order valence-electron chi connectivity index (χ3n) is 3.99. The van der Waals surface area contributed by atoms with Gasteiger partial charge < -0.3 is 20.1 Å². The molecule has 2 N–H and O–H groups in total. The maximum absolute atomic E-state index is 12.4. The van der Waals surface area contributed by atoms with E-state index in [4.69, 9.17) is 4.74 Å². The number of ether oxygens (including phenoxy) is 1. The van der Waals surface area contributed by atoms with Crippen LogP contribution in [0.25, 0.3) is 0 Å². The van der Waals surface area contributed by atoms with E-state index in [0.29, 0.717) is 18.7 Å². The van der Waals surface area contributed by atoms with E-state index in [9.17, 15) is 14.7 Å². The van der Waals surface area contributed by atoms with Crippen molar-refractivity contribution in [2.24, 2.45) is 0 Å². The van der Waals surface area contributed by atoms with Crippen molar-refractivity contribution in [1.29, 1.82) is 0 Å². The van der Waals surface area contributed by atoms with Crippen LogP contribution < -0.4 is 10.2 Å². The number of hydrogen-bond acceptors (Lipinski definition) is 5. The van der Waals surface area contributed by atoms with Gasteiger partial charge in [-0.1, -0.05) is 24.3 Å². The van der Waals surface area contributed by atoms with Crippen LogP contribution in [0, 0.1) is 0 Å². The minimum atomic E-state index is -2.13. The molecule has 0 saturated carbocycles. The highest BCUT2D eigenvalue weighted by atomic mass is 16.7. The van der Waals surface area contributed by atoms with Crippen molar-refractivity contribution in [3.63, 3.8) is 0 Å². The van der Waals surface area contributed by atoms with Crippen LogP contribution in [0.4, 0.5) is 10.5 Å². The summed E-state index contributed by atoms with van der Waals surface area (Å²) in [5, 5.41) is 12.9. The molecule has 1 atom stereocenters. The molecule has 0 aliphatic carbocycles. The van der Waals surface area contributed by atoms with Crippen molar-refractivity contribution in [1.82, 2.24) is 10.3 Å². The van der Waals surface area contributed by atoms with Crippen LogP contribution in [0.3, 0.4) is 0 Å². The molecular weight excluding hydrogens is 322 g/mol. The molecule has 0 radical (unpaired) electrons. The first-order valence-electron chi connectivity index (χ1n) is 8.04. The number of rotatable bonds is 5. The van der Waals surface area contributed by atoms with Crippen molar-refractivity contribution in [2.75, 3.05) is 18.0 Å². The fourth-order valence-corrected chi connectivity index (χ4v) is 2.68. The van der Waals surface area contributed by atoms with Crippen LogP contribution in [0.15, 0.2) is 54.9 Å². The monoisotopic (exact) mass is 341 g/mol. The van der Waals surface area contributed by atoms with Crippen LogP contribution in [0.2, 0.25) is 0 Å². The molecular formula is C18H19N3O4. The number of hydrogen-bond donors (Lipinski definition) is 2. The Balaban J connectivity index is 1.53. The second kappa shape index (κ2) is 7.31. The van der Waals surface area contributed by atoms with Crippen LogP contribution in [-0.4, -0.2) is 41.0 Å². The quantitative estimate of drug-likeness (QED) is 0.804. The van der Waals surface area contributed by atoms with E-state index in [1.165, 1.54) is 4.90 Å². The highest BCUT2D eigenvalue weighted by Gasteiger charge is 2.49. The van der Waals surface area contributed by atoms with Crippen LogP contribution in [0.1, 0.15) is 12.0 Å². The SMILES string of the molecule is O=C(NCCc1cccnc1)O[C@@]1(O)CCN(c2ccccc2)C1=O. The number of nitrogens with zero attached hydrogens (tertiary/aromatic N) is 2. The fourth-order valence-electron chi connectivity index (χ4n) is 2.68. The molecule has 0 bridgehead atoms. The normalized spacial score (nSPS) is 19.7. The number of carbonyl (C=O) groups excluding carboxylic acids is 2. The second-order valence-electron chi connectivity index (χ2n) is 5.75. The Kier molecular flexibility index (Phi) is 4.95. The Bertz CT molecular complexity index is 739. The lowest BCUT2D eigenvalue weighted by Gasteiger charge is -2.22. The van der Waals surface area contributed by atoms with E-state index in [0.717, 1.165) is 5.56 Å². The Morgan fingerprint density at radius 1 is 1.28 bits per heavy atom. The molecule has 3 rings (SSSR count). The highest BCUT2D eigenvalue weighted by molar-refractivity contribution is 6.01. The lowest BCUT2D eigenvalue weighted by molar-refractivity contribution is -0.175. The number of carbonyl (C=O) groups is 2. The molecule has 2 heterocycles. The summed E-state index contributed by atoms with van der Waals surface area (Å²) in [6.45, 7) is 0.597. The zero-order valence-electron chi connectivity index (χ0n) is 13.6. The van der Waals surface area contributed by atoms with Gasteiger partial charge in [0.2, 0.25) is 0 Å². The second-order valence-corrected chi connectivity index (χ2v) is 5.75. The minimum Gasteiger partial charge on any atom is -0.407 e. The van der Waals surface area contributed by atoms with Gasteiger partial charge >= 0.3 is 6.09 Å². The first-order chi connectivity index (χ1) is 12.1. The average Bonchev–Trinajstić information content (AvgIpc) is 2.91. The molecule has 1 saturated heterocycles. The molecule has 2 amide bonds. The van der Waals surface area contributed by atoms with Gasteiger partial charge in [-0.3, -0.25) is 9.78 Å². The Morgan fingerprint density at radius 3 is 2.80 bits per heavy atom. The van der Waals surface area contributed by atoms with Crippen LogP contribution in [0.5, 0.6) is 0 Å². The molecule has 25 heavy (non-hydrogen) atoms.